The lowest BCUT2D eigenvalue weighted by atomic mass is 10.2. The zero-order valence-corrected chi connectivity index (χ0v) is 15.1. The number of aromatic nitrogens is 4. The van der Waals surface area contributed by atoms with Crippen molar-refractivity contribution in [2.24, 2.45) is 5.10 Å². The molecule has 8 nitrogen and oxygen atoms in total. The van der Waals surface area contributed by atoms with Gasteiger partial charge in [-0.3, -0.25) is 4.79 Å². The first-order valence-electron chi connectivity index (χ1n) is 8.68. The average Bonchev–Trinajstić information content (AvgIpc) is 3.15. The highest BCUT2D eigenvalue weighted by Gasteiger charge is 2.11. The summed E-state index contributed by atoms with van der Waals surface area (Å²) in [6.07, 6.45) is 4.34. The molecular formula is C20H17N5O3. The fourth-order valence-electron chi connectivity index (χ4n) is 2.75. The Bertz CT molecular complexity index is 1210. The third kappa shape index (κ3) is 3.23. The Labute approximate surface area is 160 Å². The van der Waals surface area contributed by atoms with Gasteiger partial charge in [-0.15, -0.1) is 0 Å². The lowest BCUT2D eigenvalue weighted by Crippen LogP contribution is -2.17. The van der Waals surface area contributed by atoms with E-state index in [0.29, 0.717) is 29.0 Å². The van der Waals surface area contributed by atoms with Crippen molar-refractivity contribution in [2.45, 2.75) is 6.92 Å². The normalized spacial score (nSPS) is 11.3. The Morgan fingerprint density at radius 2 is 2.04 bits per heavy atom. The van der Waals surface area contributed by atoms with Crippen molar-refractivity contribution < 1.29 is 9.84 Å². The highest BCUT2D eigenvalue weighted by Crippen LogP contribution is 2.26. The lowest BCUT2D eigenvalue weighted by Gasteiger charge is -2.06. The highest BCUT2D eigenvalue weighted by molar-refractivity contribution is 5.81. The molecule has 2 heterocycles. The van der Waals surface area contributed by atoms with Crippen LogP contribution in [0.1, 0.15) is 12.5 Å². The molecule has 2 aromatic heterocycles. The van der Waals surface area contributed by atoms with E-state index in [2.05, 4.69) is 15.2 Å². The molecule has 0 saturated carbocycles. The largest absolute Gasteiger partial charge is 0.504 e. The summed E-state index contributed by atoms with van der Waals surface area (Å²) >= 11 is 0. The first-order chi connectivity index (χ1) is 13.7. The second-order valence-corrected chi connectivity index (χ2v) is 5.93. The van der Waals surface area contributed by atoms with Crippen molar-refractivity contribution in [2.75, 3.05) is 6.61 Å². The summed E-state index contributed by atoms with van der Waals surface area (Å²) in [4.78, 5) is 17.0. The van der Waals surface area contributed by atoms with E-state index in [4.69, 9.17) is 4.74 Å². The molecule has 0 unspecified atom stereocenters. The van der Waals surface area contributed by atoms with Gasteiger partial charge in [0.05, 0.1) is 24.7 Å². The number of ether oxygens (including phenoxy) is 1. The molecule has 140 valence electrons. The minimum atomic E-state index is -0.327. The van der Waals surface area contributed by atoms with Crippen molar-refractivity contribution in [1.29, 1.82) is 0 Å². The van der Waals surface area contributed by atoms with Gasteiger partial charge in [0.2, 0.25) is 0 Å². The number of nitrogens with zero attached hydrogens (tertiary/aromatic N) is 5. The van der Waals surface area contributed by atoms with Gasteiger partial charge in [-0.05, 0) is 42.8 Å². The monoisotopic (exact) mass is 375 g/mol. The van der Waals surface area contributed by atoms with E-state index in [1.54, 1.807) is 16.8 Å². The molecule has 0 radical (unpaired) electrons. The molecule has 0 atom stereocenters. The van der Waals surface area contributed by atoms with Crippen LogP contribution in [-0.2, 0) is 0 Å². The molecule has 1 N–H and O–H groups in total. The first-order valence-corrected chi connectivity index (χ1v) is 8.68. The standard InChI is InChI=1S/C20H17N5O3/c1-2-28-18-10-14(8-9-17(18)26)11-22-24-13-21-19-16(20(24)27)12-23-25(19)15-6-4-3-5-7-15/h3-13,26H,2H2,1H3/b22-11+. The van der Waals surface area contributed by atoms with E-state index >= 15 is 0 Å². The number of aromatic hydroxyl groups is 1. The number of para-hydroxylation sites is 1. The Morgan fingerprint density at radius 3 is 2.82 bits per heavy atom. The number of phenols is 1. The summed E-state index contributed by atoms with van der Waals surface area (Å²) in [5, 5.41) is 18.6. The molecular weight excluding hydrogens is 358 g/mol. The van der Waals surface area contributed by atoms with Gasteiger partial charge in [-0.2, -0.15) is 14.9 Å². The minimum absolute atomic E-state index is 0.0487. The van der Waals surface area contributed by atoms with Gasteiger partial charge >= 0.3 is 0 Å². The highest BCUT2D eigenvalue weighted by atomic mass is 16.5. The number of phenolic OH excluding ortho intramolecular Hbond substituents is 1. The molecule has 0 fully saturated rings. The summed E-state index contributed by atoms with van der Waals surface area (Å²) in [6.45, 7) is 2.26. The Kier molecular flexibility index (Phi) is 4.59. The maximum atomic E-state index is 12.7. The molecule has 4 rings (SSSR count). The maximum Gasteiger partial charge on any atom is 0.285 e. The predicted octanol–water partition coefficient (Wildman–Crippen LogP) is 2.57. The van der Waals surface area contributed by atoms with Crippen LogP contribution in [0.2, 0.25) is 0 Å². The lowest BCUT2D eigenvalue weighted by molar-refractivity contribution is 0.318. The predicted molar refractivity (Wildman–Crippen MR) is 105 cm³/mol. The van der Waals surface area contributed by atoms with E-state index in [9.17, 15) is 9.90 Å². The quantitative estimate of drug-likeness (QED) is 0.541. The van der Waals surface area contributed by atoms with Gasteiger partial charge in [0.25, 0.3) is 5.56 Å². The van der Waals surface area contributed by atoms with Gasteiger partial charge in [0.1, 0.15) is 11.7 Å². The van der Waals surface area contributed by atoms with Crippen LogP contribution in [0.4, 0.5) is 0 Å². The zero-order chi connectivity index (χ0) is 19.5. The number of benzene rings is 2. The van der Waals surface area contributed by atoms with Gasteiger partial charge in [-0.1, -0.05) is 18.2 Å². The molecule has 0 aliphatic rings. The number of hydrogen-bond acceptors (Lipinski definition) is 6. The van der Waals surface area contributed by atoms with Crippen LogP contribution in [0.5, 0.6) is 11.5 Å². The van der Waals surface area contributed by atoms with Crippen LogP contribution < -0.4 is 10.3 Å². The summed E-state index contributed by atoms with van der Waals surface area (Å²) in [6, 6.07) is 14.3. The first kappa shape index (κ1) is 17.5. The maximum absolute atomic E-state index is 12.7. The Morgan fingerprint density at radius 1 is 1.21 bits per heavy atom. The molecule has 4 aromatic rings. The average molecular weight is 375 g/mol. The smallest absolute Gasteiger partial charge is 0.285 e. The van der Waals surface area contributed by atoms with Crippen LogP contribution in [0, 0.1) is 0 Å². The van der Waals surface area contributed by atoms with Crippen molar-refractivity contribution in [3.63, 3.8) is 0 Å². The molecule has 28 heavy (non-hydrogen) atoms. The SMILES string of the molecule is CCOc1cc(/C=N/n2cnc3c(cnn3-c3ccccc3)c2=O)ccc1O. The summed E-state index contributed by atoms with van der Waals surface area (Å²) in [5.74, 6) is 0.407. The second kappa shape index (κ2) is 7.36. The van der Waals surface area contributed by atoms with Gasteiger partial charge in [0, 0.05) is 0 Å². The third-order valence-electron chi connectivity index (χ3n) is 4.09. The molecule has 0 aliphatic carbocycles. The minimum Gasteiger partial charge on any atom is -0.504 e. The van der Waals surface area contributed by atoms with Crippen LogP contribution in [-0.4, -0.2) is 37.4 Å². The van der Waals surface area contributed by atoms with Crippen molar-refractivity contribution in [1.82, 2.24) is 19.4 Å². The van der Waals surface area contributed by atoms with E-state index in [1.165, 1.54) is 24.8 Å². The van der Waals surface area contributed by atoms with Gasteiger partial charge in [-0.25, -0.2) is 9.67 Å². The van der Waals surface area contributed by atoms with E-state index < -0.39 is 0 Å². The van der Waals surface area contributed by atoms with Crippen molar-refractivity contribution in [3.05, 3.63) is 77.0 Å². The molecule has 0 aliphatic heterocycles. The zero-order valence-electron chi connectivity index (χ0n) is 15.1. The van der Waals surface area contributed by atoms with E-state index in [0.717, 1.165) is 10.4 Å². The molecule has 0 saturated heterocycles. The Hall–Kier alpha value is -3.94. The molecule has 8 heteroatoms. The Balaban J connectivity index is 1.69. The molecule has 0 amide bonds. The fraction of sp³-hybridized carbons (Fsp3) is 0.100. The van der Waals surface area contributed by atoms with Crippen LogP contribution in [0.15, 0.2) is 71.0 Å². The summed E-state index contributed by atoms with van der Waals surface area (Å²) in [7, 11) is 0. The summed E-state index contributed by atoms with van der Waals surface area (Å²) in [5.41, 5.74) is 1.63. The van der Waals surface area contributed by atoms with E-state index in [1.807, 2.05) is 37.3 Å². The van der Waals surface area contributed by atoms with Crippen LogP contribution in [0.3, 0.4) is 0 Å². The van der Waals surface area contributed by atoms with Crippen LogP contribution in [0.25, 0.3) is 16.7 Å². The second-order valence-electron chi connectivity index (χ2n) is 5.93. The molecule has 2 aromatic carbocycles. The summed E-state index contributed by atoms with van der Waals surface area (Å²) < 4.78 is 8.11. The van der Waals surface area contributed by atoms with Gasteiger partial charge < -0.3 is 9.84 Å². The molecule has 0 bridgehead atoms. The van der Waals surface area contributed by atoms with Crippen molar-refractivity contribution in [3.8, 4) is 17.2 Å². The van der Waals surface area contributed by atoms with Crippen molar-refractivity contribution >= 4 is 17.2 Å². The van der Waals surface area contributed by atoms with Gasteiger partial charge in [0.15, 0.2) is 17.1 Å². The third-order valence-corrected chi connectivity index (χ3v) is 4.09. The fourth-order valence-corrected chi connectivity index (χ4v) is 2.75. The number of hydrogen-bond donors (Lipinski definition) is 1. The number of fused-ring (bicyclic) bond motifs is 1. The number of rotatable bonds is 5. The van der Waals surface area contributed by atoms with E-state index in [-0.39, 0.29) is 11.3 Å². The molecule has 0 spiro atoms. The van der Waals surface area contributed by atoms with Crippen LogP contribution >= 0.6 is 0 Å². The topological polar surface area (TPSA) is 94.5 Å².